The maximum atomic E-state index is 10.5. The molecule has 0 aliphatic carbocycles. The third-order valence-electron chi connectivity index (χ3n) is 1.92. The number of carboxylic acid groups (broad SMARTS) is 1. The van der Waals surface area contributed by atoms with Gasteiger partial charge in [0.2, 0.25) is 5.76 Å². The molecular formula is C10H9NO4. The van der Waals surface area contributed by atoms with Crippen molar-refractivity contribution in [2.75, 3.05) is 0 Å². The number of aromatic nitrogens is 1. The van der Waals surface area contributed by atoms with Gasteiger partial charge in [-0.2, -0.15) is 0 Å². The molecule has 2 aromatic rings. The van der Waals surface area contributed by atoms with Gasteiger partial charge >= 0.3 is 5.97 Å². The van der Waals surface area contributed by atoms with Crippen LogP contribution in [0, 0.1) is 6.92 Å². The SMILES string of the molecule is Cc1ccc(Cc2cc(C(=O)O)on2)o1. The van der Waals surface area contributed by atoms with E-state index in [1.54, 1.807) is 0 Å². The zero-order valence-corrected chi connectivity index (χ0v) is 8.06. The first-order valence-corrected chi connectivity index (χ1v) is 4.39. The minimum atomic E-state index is -1.12. The van der Waals surface area contributed by atoms with Crippen LogP contribution in [0.4, 0.5) is 0 Å². The highest BCUT2D eigenvalue weighted by atomic mass is 16.5. The number of hydrogen-bond acceptors (Lipinski definition) is 4. The molecule has 1 N–H and O–H groups in total. The average Bonchev–Trinajstić information content (AvgIpc) is 2.76. The Labute approximate surface area is 85.3 Å². The van der Waals surface area contributed by atoms with Gasteiger partial charge in [-0.05, 0) is 19.1 Å². The van der Waals surface area contributed by atoms with E-state index in [1.165, 1.54) is 6.07 Å². The fourth-order valence-corrected chi connectivity index (χ4v) is 1.25. The van der Waals surface area contributed by atoms with Crippen LogP contribution >= 0.6 is 0 Å². The van der Waals surface area contributed by atoms with E-state index < -0.39 is 5.97 Å². The summed E-state index contributed by atoms with van der Waals surface area (Å²) in [5.74, 6) is 0.266. The number of carbonyl (C=O) groups is 1. The Hall–Kier alpha value is -2.04. The lowest BCUT2D eigenvalue weighted by Crippen LogP contribution is -1.92. The molecule has 15 heavy (non-hydrogen) atoms. The molecule has 5 heteroatoms. The Morgan fingerprint density at radius 1 is 1.53 bits per heavy atom. The van der Waals surface area contributed by atoms with E-state index in [0.717, 1.165) is 11.5 Å². The fraction of sp³-hybridized carbons (Fsp3) is 0.200. The van der Waals surface area contributed by atoms with E-state index in [4.69, 9.17) is 9.52 Å². The fourth-order valence-electron chi connectivity index (χ4n) is 1.25. The van der Waals surface area contributed by atoms with Crippen LogP contribution < -0.4 is 0 Å². The molecule has 0 radical (unpaired) electrons. The molecule has 0 amide bonds. The number of hydrogen-bond donors (Lipinski definition) is 1. The van der Waals surface area contributed by atoms with E-state index in [-0.39, 0.29) is 5.76 Å². The van der Waals surface area contributed by atoms with Crippen molar-refractivity contribution in [3.63, 3.8) is 0 Å². The summed E-state index contributed by atoms with van der Waals surface area (Å²) in [7, 11) is 0. The first-order valence-electron chi connectivity index (χ1n) is 4.39. The van der Waals surface area contributed by atoms with E-state index in [9.17, 15) is 4.79 Å². The summed E-state index contributed by atoms with van der Waals surface area (Å²) in [5.41, 5.74) is 0.543. The molecule has 78 valence electrons. The molecule has 2 rings (SSSR count). The second-order valence-corrected chi connectivity index (χ2v) is 3.18. The summed E-state index contributed by atoms with van der Waals surface area (Å²) in [6, 6.07) is 5.05. The van der Waals surface area contributed by atoms with E-state index in [2.05, 4.69) is 9.68 Å². The number of aromatic carboxylic acids is 1. The zero-order valence-electron chi connectivity index (χ0n) is 8.06. The van der Waals surface area contributed by atoms with Gasteiger partial charge in [0.15, 0.2) is 0 Å². The monoisotopic (exact) mass is 207 g/mol. The van der Waals surface area contributed by atoms with Crippen molar-refractivity contribution in [3.8, 4) is 0 Å². The predicted octanol–water partition coefficient (Wildman–Crippen LogP) is 1.87. The number of aryl methyl sites for hydroxylation is 1. The highest BCUT2D eigenvalue weighted by molar-refractivity contribution is 5.84. The summed E-state index contributed by atoms with van der Waals surface area (Å²) in [6.45, 7) is 1.84. The standard InChI is InChI=1S/C10H9NO4/c1-6-2-3-8(14-6)4-7-5-9(10(12)13)15-11-7/h2-3,5H,4H2,1H3,(H,12,13). The smallest absolute Gasteiger partial charge is 0.374 e. The quantitative estimate of drug-likeness (QED) is 0.831. The second kappa shape index (κ2) is 3.61. The third kappa shape index (κ3) is 2.07. The molecule has 2 heterocycles. The van der Waals surface area contributed by atoms with Gasteiger partial charge in [-0.1, -0.05) is 5.16 Å². The summed E-state index contributed by atoms with van der Waals surface area (Å²) in [5, 5.41) is 12.2. The first-order chi connectivity index (χ1) is 7.15. The first kappa shape index (κ1) is 9.51. The molecule has 2 aromatic heterocycles. The van der Waals surface area contributed by atoms with Crippen LogP contribution in [0.1, 0.15) is 27.8 Å². The molecule has 0 aromatic carbocycles. The van der Waals surface area contributed by atoms with Crippen molar-refractivity contribution in [1.82, 2.24) is 5.16 Å². The Kier molecular flexibility index (Phi) is 2.29. The molecule has 0 fully saturated rings. The normalized spacial score (nSPS) is 10.5. The van der Waals surface area contributed by atoms with E-state index in [0.29, 0.717) is 12.1 Å². The van der Waals surface area contributed by atoms with Gasteiger partial charge in [0.05, 0.1) is 12.1 Å². The molecule has 5 nitrogen and oxygen atoms in total. The molecular weight excluding hydrogens is 198 g/mol. The van der Waals surface area contributed by atoms with Crippen LogP contribution in [0.25, 0.3) is 0 Å². The van der Waals surface area contributed by atoms with Gasteiger partial charge in [-0.15, -0.1) is 0 Å². The summed E-state index contributed by atoms with van der Waals surface area (Å²) >= 11 is 0. The molecule has 0 unspecified atom stereocenters. The third-order valence-corrected chi connectivity index (χ3v) is 1.92. The molecule has 0 aliphatic heterocycles. The Morgan fingerprint density at radius 3 is 2.87 bits per heavy atom. The van der Waals surface area contributed by atoms with Crippen LogP contribution in [0.15, 0.2) is 27.1 Å². The Morgan fingerprint density at radius 2 is 2.33 bits per heavy atom. The number of rotatable bonds is 3. The van der Waals surface area contributed by atoms with Gasteiger partial charge in [0.1, 0.15) is 11.5 Å². The van der Waals surface area contributed by atoms with Crippen molar-refractivity contribution in [2.45, 2.75) is 13.3 Å². The Balaban J connectivity index is 2.14. The van der Waals surface area contributed by atoms with Crippen LogP contribution in [0.3, 0.4) is 0 Å². The second-order valence-electron chi connectivity index (χ2n) is 3.18. The van der Waals surface area contributed by atoms with Crippen molar-refractivity contribution in [1.29, 1.82) is 0 Å². The lowest BCUT2D eigenvalue weighted by molar-refractivity contribution is 0.0652. The van der Waals surface area contributed by atoms with Gasteiger partial charge < -0.3 is 14.0 Å². The summed E-state index contributed by atoms with van der Waals surface area (Å²) < 4.78 is 9.94. The minimum absolute atomic E-state index is 0.159. The predicted molar refractivity (Wildman–Crippen MR) is 49.7 cm³/mol. The van der Waals surface area contributed by atoms with Gasteiger partial charge in [0, 0.05) is 6.07 Å². The molecule has 0 aliphatic rings. The lowest BCUT2D eigenvalue weighted by atomic mass is 10.2. The topological polar surface area (TPSA) is 76.5 Å². The molecule has 0 saturated heterocycles. The van der Waals surface area contributed by atoms with Gasteiger partial charge in [0.25, 0.3) is 0 Å². The van der Waals surface area contributed by atoms with E-state index in [1.807, 2.05) is 19.1 Å². The number of nitrogens with zero attached hydrogens (tertiary/aromatic N) is 1. The van der Waals surface area contributed by atoms with Crippen molar-refractivity contribution < 1.29 is 18.8 Å². The highest BCUT2D eigenvalue weighted by Gasteiger charge is 2.12. The van der Waals surface area contributed by atoms with Crippen molar-refractivity contribution >= 4 is 5.97 Å². The van der Waals surface area contributed by atoms with E-state index >= 15 is 0 Å². The maximum absolute atomic E-state index is 10.5. The zero-order chi connectivity index (χ0) is 10.8. The minimum Gasteiger partial charge on any atom is -0.475 e. The molecule has 0 bridgehead atoms. The largest absolute Gasteiger partial charge is 0.475 e. The molecule has 0 spiro atoms. The van der Waals surface area contributed by atoms with Crippen LogP contribution in [-0.4, -0.2) is 16.2 Å². The number of carboxylic acids is 1. The van der Waals surface area contributed by atoms with Gasteiger partial charge in [-0.3, -0.25) is 0 Å². The lowest BCUT2D eigenvalue weighted by Gasteiger charge is -1.89. The van der Waals surface area contributed by atoms with Gasteiger partial charge in [-0.25, -0.2) is 4.79 Å². The molecule has 0 atom stereocenters. The van der Waals surface area contributed by atoms with Crippen LogP contribution in [0.2, 0.25) is 0 Å². The Bertz CT molecular complexity index is 483. The van der Waals surface area contributed by atoms with Crippen LogP contribution in [0.5, 0.6) is 0 Å². The summed E-state index contributed by atoms with van der Waals surface area (Å²) in [4.78, 5) is 10.5. The highest BCUT2D eigenvalue weighted by Crippen LogP contribution is 2.12. The van der Waals surface area contributed by atoms with Crippen LogP contribution in [-0.2, 0) is 6.42 Å². The average molecular weight is 207 g/mol. The number of furan rings is 1. The molecule has 0 saturated carbocycles. The van der Waals surface area contributed by atoms with Crippen molar-refractivity contribution in [3.05, 3.63) is 41.2 Å². The van der Waals surface area contributed by atoms with Crippen molar-refractivity contribution in [2.24, 2.45) is 0 Å². The maximum Gasteiger partial charge on any atom is 0.374 e. The summed E-state index contributed by atoms with van der Waals surface area (Å²) in [6.07, 6.45) is 0.435.